The van der Waals surface area contributed by atoms with Crippen molar-refractivity contribution >= 4 is 65.8 Å². The van der Waals surface area contributed by atoms with Crippen molar-refractivity contribution in [2.45, 2.75) is 12.0 Å². The Morgan fingerprint density at radius 1 is 0.463 bits per heavy atom. The summed E-state index contributed by atoms with van der Waals surface area (Å²) in [7, 11) is 0. The van der Waals surface area contributed by atoms with Crippen molar-refractivity contribution in [1.29, 1.82) is 0 Å². The van der Waals surface area contributed by atoms with Gasteiger partial charge in [0.15, 0.2) is 0 Å². The Labute approximate surface area is 314 Å². The number of hydrogen-bond acceptors (Lipinski definition) is 2. The van der Waals surface area contributed by atoms with Crippen LogP contribution in [0.5, 0.6) is 0 Å². The molecule has 1 heterocycles. The van der Waals surface area contributed by atoms with Crippen LogP contribution < -0.4 is 9.80 Å². The first kappa shape index (κ1) is 29.7. The SMILES string of the molecule is C1=CC2C(C=C1N(c1ccc3c(c1)-c1c4ccccc4cc4cccc-3c14)c1ccc3ccccc3c1)c1ccccc1N2c1ccc2ccccc2c1. The van der Waals surface area contributed by atoms with Gasteiger partial charge in [-0.1, -0.05) is 140 Å². The zero-order valence-electron chi connectivity index (χ0n) is 29.5. The van der Waals surface area contributed by atoms with Gasteiger partial charge < -0.3 is 9.80 Å². The van der Waals surface area contributed by atoms with Crippen molar-refractivity contribution in [3.8, 4) is 22.3 Å². The van der Waals surface area contributed by atoms with Gasteiger partial charge in [0.05, 0.1) is 6.04 Å². The van der Waals surface area contributed by atoms with Crippen LogP contribution in [0.2, 0.25) is 0 Å². The molecule has 2 aliphatic carbocycles. The maximum Gasteiger partial charge on any atom is 0.0631 e. The van der Waals surface area contributed by atoms with E-state index in [-0.39, 0.29) is 12.0 Å². The van der Waals surface area contributed by atoms with E-state index in [0.29, 0.717) is 0 Å². The maximum absolute atomic E-state index is 2.54. The summed E-state index contributed by atoms with van der Waals surface area (Å²) in [5.41, 5.74) is 12.6. The first-order valence-electron chi connectivity index (χ1n) is 18.9. The third-order valence-electron chi connectivity index (χ3n) is 12.0. The third-order valence-corrected chi connectivity index (χ3v) is 12.0. The fraction of sp³-hybridized carbons (Fsp3) is 0.0385. The molecule has 9 aromatic rings. The van der Waals surface area contributed by atoms with E-state index in [1.165, 1.54) is 88.0 Å². The predicted molar refractivity (Wildman–Crippen MR) is 228 cm³/mol. The molecule has 0 fully saturated rings. The second-order valence-corrected chi connectivity index (χ2v) is 14.9. The molecule has 12 rings (SSSR count). The van der Waals surface area contributed by atoms with Gasteiger partial charge in [0.2, 0.25) is 0 Å². The van der Waals surface area contributed by atoms with Gasteiger partial charge in [-0.15, -0.1) is 0 Å². The highest BCUT2D eigenvalue weighted by molar-refractivity contribution is 6.24. The number of benzene rings is 9. The maximum atomic E-state index is 2.54. The summed E-state index contributed by atoms with van der Waals surface area (Å²) in [4.78, 5) is 5.01. The summed E-state index contributed by atoms with van der Waals surface area (Å²) in [6.07, 6.45) is 7.30. The Morgan fingerprint density at radius 2 is 1.15 bits per heavy atom. The van der Waals surface area contributed by atoms with Crippen LogP contribution in [0, 0.1) is 0 Å². The minimum atomic E-state index is 0.171. The van der Waals surface area contributed by atoms with Crippen LogP contribution >= 0.6 is 0 Å². The zero-order valence-corrected chi connectivity index (χ0v) is 29.5. The van der Waals surface area contributed by atoms with Crippen molar-refractivity contribution in [3.05, 3.63) is 205 Å². The highest BCUT2D eigenvalue weighted by Crippen LogP contribution is 2.53. The van der Waals surface area contributed by atoms with Gasteiger partial charge in [-0.3, -0.25) is 0 Å². The summed E-state index contributed by atoms with van der Waals surface area (Å²) in [6, 6.07) is 65.3. The minimum absolute atomic E-state index is 0.171. The molecule has 9 aromatic carbocycles. The molecule has 1 aliphatic heterocycles. The molecule has 0 spiro atoms. The normalized spacial score (nSPS) is 16.5. The third kappa shape index (κ3) is 4.28. The van der Waals surface area contributed by atoms with Crippen molar-refractivity contribution < 1.29 is 0 Å². The topological polar surface area (TPSA) is 6.48 Å². The lowest BCUT2D eigenvalue weighted by atomic mass is 9.89. The fourth-order valence-corrected chi connectivity index (χ4v) is 9.61. The van der Waals surface area contributed by atoms with E-state index in [2.05, 4.69) is 204 Å². The van der Waals surface area contributed by atoms with Crippen LogP contribution in [-0.4, -0.2) is 6.04 Å². The van der Waals surface area contributed by atoms with E-state index in [4.69, 9.17) is 0 Å². The summed E-state index contributed by atoms with van der Waals surface area (Å²) in [6.45, 7) is 0. The van der Waals surface area contributed by atoms with Crippen molar-refractivity contribution in [2.75, 3.05) is 9.80 Å². The van der Waals surface area contributed by atoms with E-state index >= 15 is 0 Å². The molecule has 252 valence electrons. The largest absolute Gasteiger partial charge is 0.333 e. The average molecular weight is 687 g/mol. The Bertz CT molecular complexity index is 3090. The van der Waals surface area contributed by atoms with E-state index in [9.17, 15) is 0 Å². The van der Waals surface area contributed by atoms with Gasteiger partial charge >= 0.3 is 0 Å². The number of nitrogens with zero attached hydrogens (tertiary/aromatic N) is 2. The molecule has 0 radical (unpaired) electrons. The van der Waals surface area contributed by atoms with Crippen LogP contribution in [-0.2, 0) is 0 Å². The number of para-hydroxylation sites is 1. The van der Waals surface area contributed by atoms with Gasteiger partial charge in [0.1, 0.15) is 0 Å². The van der Waals surface area contributed by atoms with Crippen LogP contribution in [0.3, 0.4) is 0 Å². The molecule has 0 amide bonds. The van der Waals surface area contributed by atoms with Gasteiger partial charge in [0.25, 0.3) is 0 Å². The smallest absolute Gasteiger partial charge is 0.0631 e. The molecule has 2 heteroatoms. The number of fused-ring (bicyclic) bond motifs is 10. The molecule has 3 aliphatic rings. The van der Waals surface area contributed by atoms with Gasteiger partial charge in [-0.2, -0.15) is 0 Å². The highest BCUT2D eigenvalue weighted by Gasteiger charge is 2.39. The Kier molecular flexibility index (Phi) is 6.20. The number of hydrogen-bond donors (Lipinski definition) is 0. The monoisotopic (exact) mass is 686 g/mol. The zero-order chi connectivity index (χ0) is 35.3. The lowest BCUT2D eigenvalue weighted by molar-refractivity contribution is 0.736. The van der Waals surface area contributed by atoms with Gasteiger partial charge in [-0.25, -0.2) is 0 Å². The molecule has 0 aromatic heterocycles. The fourth-order valence-electron chi connectivity index (χ4n) is 9.61. The van der Waals surface area contributed by atoms with E-state index in [0.717, 1.165) is 11.4 Å². The number of anilines is 4. The Balaban J connectivity index is 1.04. The molecular formula is C52H34N2. The van der Waals surface area contributed by atoms with Gasteiger partial charge in [-0.05, 0) is 126 Å². The van der Waals surface area contributed by atoms with E-state index in [1.54, 1.807) is 0 Å². The lowest BCUT2D eigenvalue weighted by Gasteiger charge is -2.33. The first-order chi connectivity index (χ1) is 26.8. The Hall–Kier alpha value is -6.90. The molecule has 2 atom stereocenters. The molecule has 54 heavy (non-hydrogen) atoms. The highest BCUT2D eigenvalue weighted by atomic mass is 15.2. The first-order valence-corrected chi connectivity index (χ1v) is 18.9. The van der Waals surface area contributed by atoms with E-state index < -0.39 is 0 Å². The van der Waals surface area contributed by atoms with Gasteiger partial charge in [0, 0.05) is 34.4 Å². The van der Waals surface area contributed by atoms with Crippen molar-refractivity contribution in [3.63, 3.8) is 0 Å². The number of rotatable bonds is 4. The standard InChI is InChI=1S/C52H34N2/c1-3-12-35-29-39(22-20-33(35)10-1)53(41-24-26-44-46-18-9-15-38-28-37-14-5-6-16-43(37)52(51(38)46)48(44)32-41)42-25-27-50-47(31-42)45-17-7-8-19-49(45)54(50)40-23-21-34-11-2-4-13-36(34)30-40/h1-32,47,50H. The molecule has 0 N–H and O–H groups in total. The lowest BCUT2D eigenvalue weighted by Crippen LogP contribution is -2.30. The molecular weight excluding hydrogens is 653 g/mol. The molecule has 2 unspecified atom stereocenters. The molecule has 0 saturated heterocycles. The predicted octanol–water partition coefficient (Wildman–Crippen LogP) is 13.8. The summed E-state index contributed by atoms with van der Waals surface area (Å²) < 4.78 is 0. The second kappa shape index (κ2) is 11.3. The van der Waals surface area contributed by atoms with Crippen LogP contribution in [0.25, 0.3) is 65.3 Å². The van der Waals surface area contributed by atoms with Crippen LogP contribution in [0.4, 0.5) is 22.7 Å². The quantitative estimate of drug-likeness (QED) is 0.170. The molecule has 0 bridgehead atoms. The minimum Gasteiger partial charge on any atom is -0.333 e. The van der Waals surface area contributed by atoms with E-state index in [1.807, 2.05) is 0 Å². The number of allylic oxidation sites excluding steroid dienone is 1. The second-order valence-electron chi connectivity index (χ2n) is 14.9. The summed E-state index contributed by atoms with van der Waals surface area (Å²) >= 11 is 0. The van der Waals surface area contributed by atoms with Crippen LogP contribution in [0.15, 0.2) is 200 Å². The average Bonchev–Trinajstić information content (AvgIpc) is 3.74. The van der Waals surface area contributed by atoms with Crippen molar-refractivity contribution in [2.24, 2.45) is 0 Å². The Morgan fingerprint density at radius 3 is 2.02 bits per heavy atom. The molecule has 2 nitrogen and oxygen atoms in total. The van der Waals surface area contributed by atoms with Crippen molar-refractivity contribution in [1.82, 2.24) is 0 Å². The van der Waals surface area contributed by atoms with Crippen LogP contribution in [0.1, 0.15) is 11.5 Å². The summed E-state index contributed by atoms with van der Waals surface area (Å²) in [5.74, 6) is 0.187. The molecule has 0 saturated carbocycles. The summed E-state index contributed by atoms with van der Waals surface area (Å²) in [5, 5.41) is 10.2.